The number of likely N-dealkylation sites (tertiary alicyclic amines) is 1. The van der Waals surface area contributed by atoms with Crippen LogP contribution < -0.4 is 10.1 Å². The third-order valence-corrected chi connectivity index (χ3v) is 6.68. The minimum Gasteiger partial charge on any atom is -0.490 e. The van der Waals surface area contributed by atoms with Crippen molar-refractivity contribution in [3.63, 3.8) is 0 Å². The number of halogens is 1. The maximum Gasteiger partial charge on any atom is 0.254 e. The molecule has 172 valence electrons. The Balaban J connectivity index is 1.13. The summed E-state index contributed by atoms with van der Waals surface area (Å²) in [6.45, 7) is 2.59. The first-order chi connectivity index (χ1) is 16.1. The smallest absolute Gasteiger partial charge is 0.254 e. The summed E-state index contributed by atoms with van der Waals surface area (Å²) in [7, 11) is 0. The highest BCUT2D eigenvalue weighted by Crippen LogP contribution is 2.28. The Morgan fingerprint density at radius 3 is 2.42 bits per heavy atom. The molecule has 7 heteroatoms. The number of rotatable bonds is 7. The van der Waals surface area contributed by atoms with Gasteiger partial charge in [-0.2, -0.15) is 5.10 Å². The van der Waals surface area contributed by atoms with Crippen molar-refractivity contribution in [2.75, 3.05) is 13.1 Å². The maximum atomic E-state index is 13.0. The first-order valence-corrected chi connectivity index (χ1v) is 11.7. The van der Waals surface area contributed by atoms with Crippen molar-refractivity contribution in [3.8, 4) is 11.4 Å². The van der Waals surface area contributed by atoms with Crippen LogP contribution in [0.4, 0.5) is 4.39 Å². The minimum atomic E-state index is -0.294. The molecule has 2 aliphatic rings. The SMILES string of the molecule is O=C(NCc1ccc(F)cc1)c1cnn(-c2ccc(OC3CCN(C4CCC4)CC3)cc2)c1. The Morgan fingerprint density at radius 1 is 1.03 bits per heavy atom. The largest absolute Gasteiger partial charge is 0.490 e. The van der Waals surface area contributed by atoms with Gasteiger partial charge in [0.15, 0.2) is 0 Å². The van der Waals surface area contributed by atoms with Crippen molar-refractivity contribution in [2.45, 2.75) is 50.8 Å². The van der Waals surface area contributed by atoms with E-state index in [1.54, 1.807) is 29.2 Å². The number of hydrogen-bond donors (Lipinski definition) is 1. The lowest BCUT2D eigenvalue weighted by Gasteiger charge is -2.41. The van der Waals surface area contributed by atoms with Crippen molar-refractivity contribution in [2.24, 2.45) is 0 Å². The maximum absolute atomic E-state index is 13.0. The van der Waals surface area contributed by atoms with Crippen LogP contribution in [0.3, 0.4) is 0 Å². The molecular weight excluding hydrogens is 419 g/mol. The second-order valence-corrected chi connectivity index (χ2v) is 8.91. The van der Waals surface area contributed by atoms with Gasteiger partial charge < -0.3 is 15.0 Å². The number of benzene rings is 2. The normalized spacial score (nSPS) is 17.5. The van der Waals surface area contributed by atoms with Gasteiger partial charge in [-0.05, 0) is 67.6 Å². The van der Waals surface area contributed by atoms with Crippen molar-refractivity contribution in [1.82, 2.24) is 20.0 Å². The highest BCUT2D eigenvalue weighted by Gasteiger charge is 2.29. The number of nitrogens with one attached hydrogen (secondary N) is 1. The number of hydrogen-bond acceptors (Lipinski definition) is 4. The monoisotopic (exact) mass is 448 g/mol. The van der Waals surface area contributed by atoms with Crippen LogP contribution in [0.2, 0.25) is 0 Å². The molecule has 1 aliphatic heterocycles. The lowest BCUT2D eigenvalue weighted by Crippen LogP contribution is -2.46. The number of nitrogens with zero attached hydrogens (tertiary/aromatic N) is 3. The Morgan fingerprint density at radius 2 is 1.76 bits per heavy atom. The highest BCUT2D eigenvalue weighted by molar-refractivity contribution is 5.93. The van der Waals surface area contributed by atoms with E-state index < -0.39 is 0 Å². The van der Waals surface area contributed by atoms with Gasteiger partial charge in [0.1, 0.15) is 17.7 Å². The summed E-state index contributed by atoms with van der Waals surface area (Å²) in [6.07, 6.45) is 9.77. The predicted octanol–water partition coefficient (Wildman–Crippen LogP) is 4.34. The summed E-state index contributed by atoms with van der Waals surface area (Å²) in [5, 5.41) is 7.15. The second kappa shape index (κ2) is 9.75. The molecule has 0 spiro atoms. The molecule has 1 aromatic heterocycles. The summed E-state index contributed by atoms with van der Waals surface area (Å²) in [5.74, 6) is 0.348. The summed E-state index contributed by atoms with van der Waals surface area (Å²) in [6, 6.07) is 14.7. The molecule has 0 atom stereocenters. The zero-order chi connectivity index (χ0) is 22.6. The summed E-state index contributed by atoms with van der Waals surface area (Å²) in [5.41, 5.74) is 2.16. The molecule has 5 rings (SSSR count). The van der Waals surface area contributed by atoms with Crippen LogP contribution in [0, 0.1) is 5.82 Å². The molecule has 0 unspecified atom stereocenters. The Labute approximate surface area is 193 Å². The highest BCUT2D eigenvalue weighted by atomic mass is 19.1. The van der Waals surface area contributed by atoms with Crippen LogP contribution in [0.1, 0.15) is 48.0 Å². The molecule has 6 nitrogen and oxygen atoms in total. The molecule has 1 amide bonds. The fraction of sp³-hybridized carbons (Fsp3) is 0.385. The van der Waals surface area contributed by atoms with Crippen molar-refractivity contribution in [1.29, 1.82) is 0 Å². The van der Waals surface area contributed by atoms with E-state index >= 15 is 0 Å². The quantitative estimate of drug-likeness (QED) is 0.584. The molecule has 1 aliphatic carbocycles. The Kier molecular flexibility index (Phi) is 6.39. The Hall–Kier alpha value is -3.19. The molecule has 2 aromatic carbocycles. The van der Waals surface area contributed by atoms with Gasteiger partial charge in [0.25, 0.3) is 5.91 Å². The molecule has 0 radical (unpaired) electrons. The van der Waals surface area contributed by atoms with E-state index in [2.05, 4.69) is 15.3 Å². The fourth-order valence-corrected chi connectivity index (χ4v) is 4.45. The zero-order valence-corrected chi connectivity index (χ0v) is 18.6. The third-order valence-electron chi connectivity index (χ3n) is 6.68. The molecular formula is C26H29FN4O2. The first kappa shape index (κ1) is 21.6. The minimum absolute atomic E-state index is 0.223. The standard InChI is InChI=1S/C26H29FN4O2/c27-21-6-4-19(5-7-21)16-28-26(32)20-17-29-31(18-20)23-8-10-24(11-9-23)33-25-12-14-30(15-13-25)22-2-1-3-22/h4-11,17-18,22,25H,1-3,12-16H2,(H,28,32). The average molecular weight is 449 g/mol. The molecule has 1 saturated heterocycles. The zero-order valence-electron chi connectivity index (χ0n) is 18.6. The Bertz CT molecular complexity index is 1070. The van der Waals surface area contributed by atoms with Crippen molar-refractivity contribution >= 4 is 5.91 Å². The lowest BCUT2D eigenvalue weighted by molar-refractivity contribution is 0.0493. The average Bonchev–Trinajstić information content (AvgIpc) is 3.30. The number of aromatic nitrogens is 2. The van der Waals surface area contributed by atoms with Gasteiger partial charge in [0.05, 0.1) is 17.4 Å². The van der Waals surface area contributed by atoms with Crippen molar-refractivity contribution < 1.29 is 13.9 Å². The molecule has 0 bridgehead atoms. The van der Waals surface area contributed by atoms with Crippen LogP contribution in [0.5, 0.6) is 5.75 Å². The van der Waals surface area contributed by atoms with E-state index in [0.717, 1.165) is 49.0 Å². The number of carbonyl (C=O) groups excluding carboxylic acids is 1. The topological polar surface area (TPSA) is 59.4 Å². The molecule has 3 aromatic rings. The molecule has 2 heterocycles. The van der Waals surface area contributed by atoms with Gasteiger partial charge >= 0.3 is 0 Å². The van der Waals surface area contributed by atoms with Crippen molar-refractivity contribution in [3.05, 3.63) is 77.9 Å². The van der Waals surface area contributed by atoms with E-state index in [9.17, 15) is 9.18 Å². The molecule has 1 saturated carbocycles. The van der Waals surface area contributed by atoms with E-state index in [0.29, 0.717) is 12.1 Å². The number of ether oxygens (including phenoxy) is 1. The van der Waals surface area contributed by atoms with Crippen LogP contribution >= 0.6 is 0 Å². The van der Waals surface area contributed by atoms with Gasteiger partial charge in [-0.3, -0.25) is 4.79 Å². The summed E-state index contributed by atoms with van der Waals surface area (Å²) >= 11 is 0. The number of carbonyl (C=O) groups is 1. The van der Waals surface area contributed by atoms with Gasteiger partial charge in [-0.15, -0.1) is 0 Å². The van der Waals surface area contributed by atoms with E-state index in [-0.39, 0.29) is 17.8 Å². The molecule has 33 heavy (non-hydrogen) atoms. The molecule has 1 N–H and O–H groups in total. The number of amides is 1. The van der Waals surface area contributed by atoms with E-state index in [1.807, 2.05) is 24.3 Å². The second-order valence-electron chi connectivity index (χ2n) is 8.91. The van der Waals surface area contributed by atoms with Crippen LogP contribution in [0.25, 0.3) is 5.69 Å². The van der Waals surface area contributed by atoms with Gasteiger partial charge in [0, 0.05) is 31.9 Å². The van der Waals surface area contributed by atoms with E-state index in [1.165, 1.54) is 31.4 Å². The van der Waals surface area contributed by atoms with Gasteiger partial charge in [-0.25, -0.2) is 9.07 Å². The molecule has 2 fully saturated rings. The van der Waals surface area contributed by atoms with Crippen LogP contribution in [0.15, 0.2) is 60.9 Å². The summed E-state index contributed by atoms with van der Waals surface area (Å²) in [4.78, 5) is 15.1. The first-order valence-electron chi connectivity index (χ1n) is 11.7. The predicted molar refractivity (Wildman–Crippen MR) is 124 cm³/mol. The summed E-state index contributed by atoms with van der Waals surface area (Å²) < 4.78 is 20.9. The fourth-order valence-electron chi connectivity index (χ4n) is 4.45. The van der Waals surface area contributed by atoms with Gasteiger partial charge in [0.2, 0.25) is 0 Å². The third kappa shape index (κ3) is 5.25. The van der Waals surface area contributed by atoms with E-state index in [4.69, 9.17) is 4.74 Å². The van der Waals surface area contributed by atoms with Crippen LogP contribution in [-0.4, -0.2) is 45.8 Å². The van der Waals surface area contributed by atoms with Crippen LogP contribution in [-0.2, 0) is 6.54 Å². The number of piperidine rings is 1. The lowest BCUT2D eigenvalue weighted by atomic mass is 9.90. The van der Waals surface area contributed by atoms with Gasteiger partial charge in [-0.1, -0.05) is 18.6 Å².